The highest BCUT2D eigenvalue weighted by Gasteiger charge is 2.45. The summed E-state index contributed by atoms with van der Waals surface area (Å²) in [5, 5.41) is 3.31. The topological polar surface area (TPSA) is 100 Å². The van der Waals surface area contributed by atoms with Crippen molar-refractivity contribution in [3.05, 3.63) is 24.4 Å². The molecule has 2 fully saturated rings. The van der Waals surface area contributed by atoms with Crippen molar-refractivity contribution in [3.8, 4) is 11.5 Å². The van der Waals surface area contributed by atoms with Crippen LogP contribution in [0.15, 0.2) is 24.4 Å². The van der Waals surface area contributed by atoms with E-state index in [1.54, 1.807) is 27.0 Å². The lowest BCUT2D eigenvalue weighted by atomic mass is 10.0. The lowest BCUT2D eigenvalue weighted by Crippen LogP contribution is -2.55. The Morgan fingerprint density at radius 2 is 1.87 bits per heavy atom. The first-order chi connectivity index (χ1) is 18.1. The Morgan fingerprint density at radius 1 is 1.16 bits per heavy atom. The molecule has 38 heavy (non-hydrogen) atoms. The molecule has 0 atom stereocenters. The molecule has 1 aliphatic carbocycles. The molecule has 0 spiro atoms. The van der Waals surface area contributed by atoms with Crippen LogP contribution in [0.4, 0.5) is 23.1 Å². The van der Waals surface area contributed by atoms with Crippen LogP contribution in [0.2, 0.25) is 0 Å². The number of ether oxygens (including phenoxy) is 2. The normalized spacial score (nSPS) is 19.4. The van der Waals surface area contributed by atoms with E-state index in [0.717, 1.165) is 50.1 Å². The van der Waals surface area contributed by atoms with Gasteiger partial charge in [0.2, 0.25) is 11.9 Å². The summed E-state index contributed by atoms with van der Waals surface area (Å²) in [5.41, 5.74) is 0.813. The molecule has 5 rings (SSSR count). The second-order valence-electron chi connectivity index (χ2n) is 11.1. The summed E-state index contributed by atoms with van der Waals surface area (Å²) in [6, 6.07) is 6.14. The fourth-order valence-corrected chi connectivity index (χ4v) is 5.44. The highest BCUT2D eigenvalue weighted by Crippen LogP contribution is 2.41. The minimum absolute atomic E-state index is 0.0316. The van der Waals surface area contributed by atoms with Crippen molar-refractivity contribution in [1.29, 1.82) is 0 Å². The Balaban J connectivity index is 1.42. The first-order valence-electron chi connectivity index (χ1n) is 13.6. The van der Waals surface area contributed by atoms with Crippen LogP contribution in [0.1, 0.15) is 60.3 Å². The van der Waals surface area contributed by atoms with E-state index in [2.05, 4.69) is 15.2 Å². The summed E-state index contributed by atoms with van der Waals surface area (Å²) < 4.78 is 12.2. The molecule has 3 heterocycles. The summed E-state index contributed by atoms with van der Waals surface area (Å²) in [4.78, 5) is 40.3. The van der Waals surface area contributed by atoms with Crippen molar-refractivity contribution in [2.24, 2.45) is 0 Å². The van der Waals surface area contributed by atoms with Gasteiger partial charge in [-0.3, -0.25) is 14.5 Å². The van der Waals surface area contributed by atoms with Crippen molar-refractivity contribution in [1.82, 2.24) is 14.9 Å². The number of carbonyl (C=O) groups is 2. The van der Waals surface area contributed by atoms with Crippen molar-refractivity contribution >= 4 is 35.0 Å². The molecule has 2 amide bonds. The molecule has 10 nitrogen and oxygen atoms in total. The zero-order valence-electron chi connectivity index (χ0n) is 23.0. The van der Waals surface area contributed by atoms with E-state index in [9.17, 15) is 9.59 Å². The number of fused-ring (bicyclic) bond motifs is 1. The predicted octanol–water partition coefficient (Wildman–Crippen LogP) is 4.12. The van der Waals surface area contributed by atoms with Crippen molar-refractivity contribution < 1.29 is 19.1 Å². The van der Waals surface area contributed by atoms with Crippen LogP contribution in [0.5, 0.6) is 11.5 Å². The molecule has 1 aromatic carbocycles. The number of benzene rings is 1. The number of nitrogens with one attached hydrogen (secondary N) is 1. The van der Waals surface area contributed by atoms with Gasteiger partial charge in [-0.15, -0.1) is 0 Å². The van der Waals surface area contributed by atoms with Crippen LogP contribution in [0.3, 0.4) is 0 Å². The van der Waals surface area contributed by atoms with E-state index < -0.39 is 5.60 Å². The predicted molar refractivity (Wildman–Crippen MR) is 146 cm³/mol. The molecule has 10 heteroatoms. The average Bonchev–Trinajstić information content (AvgIpc) is 3.40. The lowest BCUT2D eigenvalue weighted by molar-refractivity contribution is -0.133. The Hall–Kier alpha value is -3.56. The van der Waals surface area contributed by atoms with E-state index in [1.165, 1.54) is 0 Å². The quantitative estimate of drug-likeness (QED) is 0.605. The summed E-state index contributed by atoms with van der Waals surface area (Å²) >= 11 is 0. The van der Waals surface area contributed by atoms with Gasteiger partial charge in [0.15, 0.2) is 17.2 Å². The number of carbonyl (C=O) groups excluding carboxylic acids is 2. The van der Waals surface area contributed by atoms with Crippen LogP contribution < -0.4 is 24.6 Å². The molecule has 0 radical (unpaired) electrons. The van der Waals surface area contributed by atoms with Gasteiger partial charge in [-0.05, 0) is 52.7 Å². The second kappa shape index (κ2) is 10.3. The molecule has 204 valence electrons. The maximum Gasteiger partial charge on any atom is 0.272 e. The Kier molecular flexibility index (Phi) is 7.07. The number of aromatic nitrogens is 2. The third kappa shape index (κ3) is 5.21. The maximum atomic E-state index is 13.4. The molecule has 1 saturated carbocycles. The highest BCUT2D eigenvalue weighted by atomic mass is 16.5. The van der Waals surface area contributed by atoms with E-state index in [-0.39, 0.29) is 24.0 Å². The minimum atomic E-state index is -0.960. The van der Waals surface area contributed by atoms with Crippen LogP contribution in [0, 0.1) is 0 Å². The monoisotopic (exact) mass is 522 g/mol. The number of nitrogens with zero attached hydrogens (tertiary/aromatic N) is 5. The average molecular weight is 523 g/mol. The van der Waals surface area contributed by atoms with E-state index in [0.29, 0.717) is 36.4 Å². The number of amides is 2. The van der Waals surface area contributed by atoms with Gasteiger partial charge in [0.25, 0.3) is 5.91 Å². The standard InChI is InChI=1S/C28H38N6O4/c1-18(2)37-23-16-21(33-14-12-32(13-15-33)19(3)35)10-11-22(23)30-27-29-17-24-25(31-27)34(20-8-6-7-9-20)26(36)28(4,5)38-24/h10-11,16-18,20H,6-9,12-15H2,1-5H3,(H,29,30,31). The zero-order chi connectivity index (χ0) is 27.0. The number of piperazine rings is 1. The largest absolute Gasteiger partial charge is 0.489 e. The summed E-state index contributed by atoms with van der Waals surface area (Å²) in [6.07, 6.45) is 5.74. The van der Waals surface area contributed by atoms with Crippen molar-refractivity contribution in [2.75, 3.05) is 41.3 Å². The van der Waals surface area contributed by atoms with Gasteiger partial charge in [0.1, 0.15) is 5.75 Å². The summed E-state index contributed by atoms with van der Waals surface area (Å²) in [5.74, 6) is 2.14. The number of anilines is 4. The minimum Gasteiger partial charge on any atom is -0.489 e. The Bertz CT molecular complexity index is 1200. The molecule has 1 N–H and O–H groups in total. The van der Waals surface area contributed by atoms with Gasteiger partial charge in [-0.1, -0.05) is 12.8 Å². The van der Waals surface area contributed by atoms with Gasteiger partial charge in [0.05, 0.1) is 18.0 Å². The van der Waals surface area contributed by atoms with E-state index >= 15 is 0 Å². The van der Waals surface area contributed by atoms with Crippen LogP contribution in [0.25, 0.3) is 0 Å². The van der Waals surface area contributed by atoms with Crippen LogP contribution in [-0.4, -0.2) is 70.6 Å². The van der Waals surface area contributed by atoms with E-state index in [1.807, 2.05) is 41.8 Å². The highest BCUT2D eigenvalue weighted by molar-refractivity contribution is 6.02. The molecular weight excluding hydrogens is 484 g/mol. The molecule has 2 aromatic rings. The van der Waals surface area contributed by atoms with Crippen LogP contribution in [-0.2, 0) is 9.59 Å². The molecule has 0 bridgehead atoms. The summed E-state index contributed by atoms with van der Waals surface area (Å²) in [7, 11) is 0. The number of hydrogen-bond donors (Lipinski definition) is 1. The Labute approximate surface area is 224 Å². The van der Waals surface area contributed by atoms with E-state index in [4.69, 9.17) is 14.5 Å². The Morgan fingerprint density at radius 3 is 2.53 bits per heavy atom. The molecule has 0 unspecified atom stereocenters. The molecular formula is C28H38N6O4. The fourth-order valence-electron chi connectivity index (χ4n) is 5.44. The third-order valence-electron chi connectivity index (χ3n) is 7.42. The fraction of sp³-hybridized carbons (Fsp3) is 0.571. The van der Waals surface area contributed by atoms with Crippen LogP contribution >= 0.6 is 0 Å². The van der Waals surface area contributed by atoms with Crippen molar-refractivity contribution in [3.63, 3.8) is 0 Å². The first-order valence-corrected chi connectivity index (χ1v) is 13.6. The second-order valence-corrected chi connectivity index (χ2v) is 11.1. The third-order valence-corrected chi connectivity index (χ3v) is 7.42. The van der Waals surface area contributed by atoms with Gasteiger partial charge in [0, 0.05) is 50.9 Å². The first kappa shape index (κ1) is 26.1. The lowest BCUT2D eigenvalue weighted by Gasteiger charge is -2.40. The maximum absolute atomic E-state index is 13.4. The molecule has 3 aliphatic rings. The number of rotatable bonds is 6. The SMILES string of the molecule is CC(=O)N1CCN(c2ccc(Nc3ncc4c(n3)N(C3CCCC3)C(=O)C(C)(C)O4)c(OC(C)C)c2)CC1. The molecule has 1 aromatic heterocycles. The molecule has 2 aliphatic heterocycles. The summed E-state index contributed by atoms with van der Waals surface area (Å²) in [6.45, 7) is 12.1. The van der Waals surface area contributed by atoms with Gasteiger partial charge >= 0.3 is 0 Å². The molecule has 1 saturated heterocycles. The zero-order valence-corrected chi connectivity index (χ0v) is 23.0. The van der Waals surface area contributed by atoms with Gasteiger partial charge < -0.3 is 24.6 Å². The number of hydrogen-bond acceptors (Lipinski definition) is 8. The van der Waals surface area contributed by atoms with Gasteiger partial charge in [-0.25, -0.2) is 4.98 Å². The van der Waals surface area contributed by atoms with Crippen molar-refractivity contribution in [2.45, 2.75) is 78.0 Å². The smallest absolute Gasteiger partial charge is 0.272 e. The van der Waals surface area contributed by atoms with Gasteiger partial charge in [-0.2, -0.15) is 4.98 Å².